The molecule has 2 aromatic rings. The Morgan fingerprint density at radius 1 is 1.67 bits per heavy atom. The molecule has 0 amide bonds. The van der Waals surface area contributed by atoms with E-state index in [1.165, 1.54) is 16.7 Å². The maximum atomic E-state index is 10.5. The smallest absolute Gasteiger partial charge is 0.355 e. The van der Waals surface area contributed by atoms with Crippen LogP contribution in [0.5, 0.6) is 0 Å². The van der Waals surface area contributed by atoms with Crippen LogP contribution < -0.4 is 5.32 Å². The van der Waals surface area contributed by atoms with E-state index in [0.29, 0.717) is 11.7 Å². The highest BCUT2D eigenvalue weighted by Gasteiger charge is 2.07. The lowest BCUT2D eigenvalue weighted by atomic mass is 10.5. The summed E-state index contributed by atoms with van der Waals surface area (Å²) >= 11 is 1.26. The van der Waals surface area contributed by atoms with Crippen LogP contribution in [-0.2, 0) is 6.54 Å². The number of carbonyl (C=O) groups is 1. The molecule has 0 saturated heterocycles. The number of aromatic amines is 1. The maximum Gasteiger partial charge on any atom is 0.355 e. The molecule has 0 spiro atoms. The SMILES string of the molecule is O=C(O)c1csc(NCc2cnc[nH]2)n1. The van der Waals surface area contributed by atoms with Crippen molar-refractivity contribution in [2.75, 3.05) is 5.32 Å². The summed E-state index contributed by atoms with van der Waals surface area (Å²) in [5, 5.41) is 13.7. The quantitative estimate of drug-likeness (QED) is 0.725. The molecular formula is C8H8N4O2S. The van der Waals surface area contributed by atoms with E-state index in [4.69, 9.17) is 5.11 Å². The molecule has 78 valence electrons. The zero-order valence-electron chi connectivity index (χ0n) is 7.60. The molecule has 2 rings (SSSR count). The van der Waals surface area contributed by atoms with Gasteiger partial charge in [-0.05, 0) is 0 Å². The molecule has 0 unspecified atom stereocenters. The van der Waals surface area contributed by atoms with Crippen LogP contribution in [0.2, 0.25) is 0 Å². The van der Waals surface area contributed by atoms with Gasteiger partial charge in [0.05, 0.1) is 18.6 Å². The molecule has 0 aliphatic heterocycles. The largest absolute Gasteiger partial charge is 0.476 e. The average molecular weight is 224 g/mol. The van der Waals surface area contributed by atoms with Crippen LogP contribution in [-0.4, -0.2) is 26.0 Å². The van der Waals surface area contributed by atoms with Crippen LogP contribution in [0.15, 0.2) is 17.9 Å². The lowest BCUT2D eigenvalue weighted by Crippen LogP contribution is -2.01. The second-order valence-electron chi connectivity index (χ2n) is 2.77. The number of carboxylic acids is 1. The minimum absolute atomic E-state index is 0.0621. The fourth-order valence-corrected chi connectivity index (χ4v) is 1.69. The lowest BCUT2D eigenvalue weighted by Gasteiger charge is -1.98. The second-order valence-corrected chi connectivity index (χ2v) is 3.63. The van der Waals surface area contributed by atoms with Crippen LogP contribution in [0.1, 0.15) is 16.2 Å². The summed E-state index contributed by atoms with van der Waals surface area (Å²) in [6.07, 6.45) is 3.28. The molecule has 0 fully saturated rings. The van der Waals surface area contributed by atoms with Crippen molar-refractivity contribution < 1.29 is 9.90 Å². The zero-order valence-corrected chi connectivity index (χ0v) is 8.41. The highest BCUT2D eigenvalue weighted by molar-refractivity contribution is 7.13. The molecule has 2 heterocycles. The third kappa shape index (κ3) is 2.32. The van der Waals surface area contributed by atoms with Crippen LogP contribution in [0.3, 0.4) is 0 Å². The molecule has 0 radical (unpaired) electrons. The summed E-state index contributed by atoms with van der Waals surface area (Å²) in [4.78, 5) is 21.2. The normalized spacial score (nSPS) is 10.1. The molecule has 15 heavy (non-hydrogen) atoms. The number of nitrogens with zero attached hydrogens (tertiary/aromatic N) is 2. The van der Waals surface area contributed by atoms with Crippen LogP contribution in [0.4, 0.5) is 5.13 Å². The first kappa shape index (κ1) is 9.66. The summed E-state index contributed by atoms with van der Waals surface area (Å²) in [5.74, 6) is -1.01. The predicted octanol–water partition coefficient (Wildman–Crippen LogP) is 1.18. The molecule has 7 heteroatoms. The topological polar surface area (TPSA) is 90.9 Å². The number of hydrogen-bond acceptors (Lipinski definition) is 5. The van der Waals surface area contributed by atoms with E-state index in [0.717, 1.165) is 5.69 Å². The van der Waals surface area contributed by atoms with E-state index in [9.17, 15) is 4.79 Å². The van der Waals surface area contributed by atoms with Crippen LogP contribution in [0.25, 0.3) is 0 Å². The van der Waals surface area contributed by atoms with Crippen molar-refractivity contribution in [3.8, 4) is 0 Å². The minimum Gasteiger partial charge on any atom is -0.476 e. The van der Waals surface area contributed by atoms with Gasteiger partial charge in [0.15, 0.2) is 10.8 Å². The number of aromatic nitrogens is 3. The number of nitrogens with one attached hydrogen (secondary N) is 2. The predicted molar refractivity (Wildman–Crippen MR) is 55.0 cm³/mol. The van der Waals surface area contributed by atoms with Gasteiger partial charge in [-0.3, -0.25) is 0 Å². The van der Waals surface area contributed by atoms with Crippen LogP contribution >= 0.6 is 11.3 Å². The monoisotopic (exact) mass is 224 g/mol. The molecular weight excluding hydrogens is 216 g/mol. The number of hydrogen-bond donors (Lipinski definition) is 3. The van der Waals surface area contributed by atoms with Gasteiger partial charge in [-0.15, -0.1) is 11.3 Å². The lowest BCUT2D eigenvalue weighted by molar-refractivity contribution is 0.0691. The maximum absolute atomic E-state index is 10.5. The standard InChI is InChI=1S/C8H8N4O2S/c13-7(14)6-3-15-8(12-6)10-2-5-1-9-4-11-5/h1,3-4H,2H2,(H,9,11)(H,10,12)(H,13,14). The van der Waals surface area contributed by atoms with E-state index in [-0.39, 0.29) is 5.69 Å². The van der Waals surface area contributed by atoms with Crippen molar-refractivity contribution in [3.05, 3.63) is 29.3 Å². The van der Waals surface area contributed by atoms with Gasteiger partial charge in [0, 0.05) is 11.6 Å². The summed E-state index contributed by atoms with van der Waals surface area (Å²) in [6.45, 7) is 0.548. The van der Waals surface area contributed by atoms with E-state index in [1.54, 1.807) is 12.5 Å². The van der Waals surface area contributed by atoms with Gasteiger partial charge >= 0.3 is 5.97 Å². The molecule has 3 N–H and O–H groups in total. The Balaban J connectivity index is 1.96. The Morgan fingerprint density at radius 3 is 3.13 bits per heavy atom. The number of H-pyrrole nitrogens is 1. The van der Waals surface area contributed by atoms with Gasteiger partial charge in [-0.2, -0.15) is 0 Å². The first-order chi connectivity index (χ1) is 7.25. The van der Waals surface area contributed by atoms with Crippen molar-refractivity contribution >= 4 is 22.4 Å². The van der Waals surface area contributed by atoms with Crippen molar-refractivity contribution in [2.24, 2.45) is 0 Å². The summed E-state index contributed by atoms with van der Waals surface area (Å²) in [5.41, 5.74) is 0.981. The molecule has 2 aromatic heterocycles. The highest BCUT2D eigenvalue weighted by Crippen LogP contribution is 2.15. The Morgan fingerprint density at radius 2 is 2.53 bits per heavy atom. The summed E-state index contributed by atoms with van der Waals surface area (Å²) in [7, 11) is 0. The molecule has 0 aromatic carbocycles. The van der Waals surface area contributed by atoms with E-state index in [2.05, 4.69) is 20.3 Å². The number of carboxylic acid groups (broad SMARTS) is 1. The first-order valence-electron chi connectivity index (χ1n) is 4.15. The average Bonchev–Trinajstić information content (AvgIpc) is 2.86. The number of imidazole rings is 1. The van der Waals surface area contributed by atoms with Crippen molar-refractivity contribution in [3.63, 3.8) is 0 Å². The second kappa shape index (κ2) is 4.09. The Kier molecular flexibility index (Phi) is 2.64. The first-order valence-corrected chi connectivity index (χ1v) is 5.03. The molecule has 0 aliphatic rings. The fourth-order valence-electron chi connectivity index (χ4n) is 1.01. The van der Waals surface area contributed by atoms with E-state index >= 15 is 0 Å². The number of thiazole rings is 1. The van der Waals surface area contributed by atoms with Crippen molar-refractivity contribution in [1.29, 1.82) is 0 Å². The Bertz CT molecular complexity index is 451. The highest BCUT2D eigenvalue weighted by atomic mass is 32.1. The summed E-state index contributed by atoms with van der Waals surface area (Å²) in [6, 6.07) is 0. The van der Waals surface area contributed by atoms with Crippen molar-refractivity contribution in [1.82, 2.24) is 15.0 Å². The van der Waals surface area contributed by atoms with Gasteiger partial charge in [-0.25, -0.2) is 14.8 Å². The fraction of sp³-hybridized carbons (Fsp3) is 0.125. The van der Waals surface area contributed by atoms with Gasteiger partial charge in [0.1, 0.15) is 0 Å². The zero-order chi connectivity index (χ0) is 10.7. The molecule has 0 saturated carbocycles. The van der Waals surface area contributed by atoms with Crippen LogP contribution in [0, 0.1) is 0 Å². The Hall–Kier alpha value is -1.89. The van der Waals surface area contributed by atoms with Gasteiger partial charge in [0.25, 0.3) is 0 Å². The molecule has 0 atom stereocenters. The summed E-state index contributed by atoms with van der Waals surface area (Å²) < 4.78 is 0. The third-order valence-corrected chi connectivity index (χ3v) is 2.51. The molecule has 6 nitrogen and oxygen atoms in total. The van der Waals surface area contributed by atoms with Gasteiger partial charge in [0.2, 0.25) is 0 Å². The third-order valence-electron chi connectivity index (χ3n) is 1.71. The van der Waals surface area contributed by atoms with Crippen molar-refractivity contribution in [2.45, 2.75) is 6.54 Å². The molecule has 0 bridgehead atoms. The number of anilines is 1. The number of aromatic carboxylic acids is 1. The number of rotatable bonds is 4. The van der Waals surface area contributed by atoms with E-state index < -0.39 is 5.97 Å². The molecule has 0 aliphatic carbocycles. The Labute approximate surface area is 89.0 Å². The van der Waals surface area contributed by atoms with E-state index in [1.807, 2.05) is 0 Å². The minimum atomic E-state index is -1.01. The van der Waals surface area contributed by atoms with Gasteiger partial charge < -0.3 is 15.4 Å². The van der Waals surface area contributed by atoms with Gasteiger partial charge in [-0.1, -0.05) is 0 Å².